The Balaban J connectivity index is 3.96. The monoisotopic (exact) mass is 323 g/mol. The van der Waals surface area contributed by atoms with Crippen molar-refractivity contribution >= 4 is 25.4 Å². The van der Waals surface area contributed by atoms with Gasteiger partial charge in [-0.1, -0.05) is 0 Å². The van der Waals surface area contributed by atoms with Crippen LogP contribution in [0.2, 0.25) is 0 Å². The van der Waals surface area contributed by atoms with E-state index >= 15 is 0 Å². The maximum atomic E-state index is 11.5. The highest BCUT2D eigenvalue weighted by molar-refractivity contribution is 7.45. The van der Waals surface area contributed by atoms with Crippen molar-refractivity contribution in [2.45, 2.75) is 32.7 Å². The summed E-state index contributed by atoms with van der Waals surface area (Å²) in [5, 5.41) is 4.78. The number of hydrogen-bond donors (Lipinski definition) is 2. The highest BCUT2D eigenvalue weighted by atomic mass is 31.2. The first-order valence-corrected chi connectivity index (χ1v) is 7.69. The number of Topliss-reactive ketones (excluding diaryl/α,β-unsaturated/α-hetero) is 2. The number of urea groups is 1. The lowest BCUT2D eigenvalue weighted by atomic mass is 10.1. The molecule has 0 spiro atoms. The molecule has 0 aliphatic heterocycles. The van der Waals surface area contributed by atoms with Crippen LogP contribution in [0.1, 0.15) is 26.7 Å². The summed E-state index contributed by atoms with van der Waals surface area (Å²) < 4.78 is 19.4. The molecule has 2 N–H and O–H groups in total. The van der Waals surface area contributed by atoms with Gasteiger partial charge in [0.05, 0.1) is 12.6 Å². The Hall–Kier alpha value is -1.28. The number of nitrogens with one attached hydrogen (secondary N) is 2. The lowest BCUT2D eigenvalue weighted by Gasteiger charge is -2.20. The van der Waals surface area contributed by atoms with Crippen molar-refractivity contribution in [1.29, 1.82) is 0 Å². The van der Waals surface area contributed by atoms with Gasteiger partial charge in [0, 0.05) is 20.1 Å². The second-order valence-corrected chi connectivity index (χ2v) is 5.80. The molecule has 10 heteroatoms. The summed E-state index contributed by atoms with van der Waals surface area (Å²) in [4.78, 5) is 44.5. The molecule has 0 heterocycles. The van der Waals surface area contributed by atoms with Crippen LogP contribution in [0.5, 0.6) is 0 Å². The molecule has 2 unspecified atom stereocenters. The molecule has 0 radical (unpaired) electrons. The molecule has 0 bridgehead atoms. The van der Waals surface area contributed by atoms with Crippen LogP contribution in [0.15, 0.2) is 0 Å². The summed E-state index contributed by atoms with van der Waals surface area (Å²) in [5.74, 6) is -0.536. The van der Waals surface area contributed by atoms with Crippen LogP contribution in [-0.4, -0.2) is 43.9 Å². The first-order valence-electron chi connectivity index (χ1n) is 6.23. The van der Waals surface area contributed by atoms with Gasteiger partial charge < -0.3 is 24.6 Å². The Labute approximate surface area is 123 Å². The lowest BCUT2D eigenvalue weighted by molar-refractivity contribution is -0.222. The highest BCUT2D eigenvalue weighted by Gasteiger charge is 2.18. The maximum absolute atomic E-state index is 11.5. The minimum atomic E-state index is -4.25. The van der Waals surface area contributed by atoms with Gasteiger partial charge in [-0.3, -0.25) is 14.2 Å². The largest absolute Gasteiger partial charge is 0.756 e. The van der Waals surface area contributed by atoms with Gasteiger partial charge in [-0.2, -0.15) is 0 Å². The van der Waals surface area contributed by atoms with Gasteiger partial charge in [-0.25, -0.2) is 4.79 Å². The van der Waals surface area contributed by atoms with Gasteiger partial charge in [0.15, 0.2) is 5.78 Å². The van der Waals surface area contributed by atoms with Crippen LogP contribution < -0.4 is 15.5 Å². The molecule has 0 aliphatic carbocycles. The van der Waals surface area contributed by atoms with Gasteiger partial charge in [-0.05, 0) is 20.3 Å². The summed E-state index contributed by atoms with van der Waals surface area (Å²) >= 11 is 0. The maximum Gasteiger partial charge on any atom is 0.315 e. The second kappa shape index (κ2) is 9.62. The molecule has 0 aromatic heterocycles. The Morgan fingerprint density at radius 2 is 1.90 bits per heavy atom. The van der Waals surface area contributed by atoms with E-state index in [1.165, 1.54) is 13.8 Å². The van der Waals surface area contributed by atoms with Gasteiger partial charge in [0.1, 0.15) is 5.78 Å². The molecule has 0 aliphatic rings. The quantitative estimate of drug-likeness (QED) is 0.418. The number of phosphoric ester groups is 1. The van der Waals surface area contributed by atoms with E-state index in [0.717, 1.165) is 7.11 Å². The highest BCUT2D eigenvalue weighted by Crippen LogP contribution is 2.36. The number of amides is 2. The van der Waals surface area contributed by atoms with Gasteiger partial charge in [0.25, 0.3) is 7.82 Å². The first-order chi connectivity index (χ1) is 9.68. The van der Waals surface area contributed by atoms with Gasteiger partial charge in [0.2, 0.25) is 0 Å². The van der Waals surface area contributed by atoms with Gasteiger partial charge >= 0.3 is 6.03 Å². The van der Waals surface area contributed by atoms with E-state index in [1.807, 2.05) is 0 Å². The molecule has 2 amide bonds. The van der Waals surface area contributed by atoms with Crippen molar-refractivity contribution in [2.24, 2.45) is 0 Å². The van der Waals surface area contributed by atoms with Gasteiger partial charge in [-0.15, -0.1) is 0 Å². The topological polar surface area (TPSA) is 134 Å². The number of rotatable bonds is 10. The minimum absolute atomic E-state index is 0.0704. The second-order valence-electron chi connectivity index (χ2n) is 4.29. The van der Waals surface area contributed by atoms with Crippen molar-refractivity contribution in [3.8, 4) is 0 Å². The number of phosphoric acid groups is 1. The van der Waals surface area contributed by atoms with E-state index in [2.05, 4.69) is 19.7 Å². The minimum Gasteiger partial charge on any atom is -0.756 e. The van der Waals surface area contributed by atoms with E-state index < -0.39 is 19.9 Å². The average Bonchev–Trinajstić information content (AvgIpc) is 2.36. The number of ketones is 2. The molecule has 2 atom stereocenters. The molecule has 9 nitrogen and oxygen atoms in total. The van der Waals surface area contributed by atoms with Crippen molar-refractivity contribution in [3.63, 3.8) is 0 Å². The van der Waals surface area contributed by atoms with Crippen LogP contribution in [0.4, 0.5) is 4.79 Å². The Bertz CT molecular complexity index is 427. The van der Waals surface area contributed by atoms with Crippen molar-refractivity contribution < 1.29 is 32.9 Å². The zero-order chi connectivity index (χ0) is 16.5. The molecule has 122 valence electrons. The summed E-state index contributed by atoms with van der Waals surface area (Å²) in [7, 11) is -3.27. The molecule has 0 aromatic carbocycles. The third-order valence-corrected chi connectivity index (χ3v) is 3.31. The molecule has 0 rings (SSSR count). The Kier molecular flexibility index (Phi) is 9.03. The zero-order valence-corrected chi connectivity index (χ0v) is 13.1. The van der Waals surface area contributed by atoms with E-state index in [-0.39, 0.29) is 37.6 Å². The fourth-order valence-electron chi connectivity index (χ4n) is 1.30. The van der Waals surface area contributed by atoms with E-state index in [0.29, 0.717) is 0 Å². The predicted octanol–water partition coefficient (Wildman–Crippen LogP) is -0.256. The Morgan fingerprint density at radius 1 is 1.29 bits per heavy atom. The third-order valence-electron chi connectivity index (χ3n) is 2.37. The molecule has 0 saturated carbocycles. The normalized spacial score (nSPS) is 14.9. The summed E-state index contributed by atoms with van der Waals surface area (Å²) in [6.45, 7) is 2.60. The van der Waals surface area contributed by atoms with Crippen molar-refractivity contribution in [2.75, 3.05) is 20.3 Å². The van der Waals surface area contributed by atoms with Crippen LogP contribution in [0, 0.1) is 0 Å². The molecular weight excluding hydrogens is 303 g/mol. The van der Waals surface area contributed by atoms with Crippen molar-refractivity contribution in [1.82, 2.24) is 10.6 Å². The van der Waals surface area contributed by atoms with Crippen LogP contribution in [-0.2, 0) is 23.2 Å². The van der Waals surface area contributed by atoms with E-state index in [1.54, 1.807) is 0 Å². The van der Waals surface area contributed by atoms with E-state index in [9.17, 15) is 23.8 Å². The molecule has 0 fully saturated rings. The predicted molar refractivity (Wildman–Crippen MR) is 71.5 cm³/mol. The fraction of sp³-hybridized carbons (Fsp3) is 0.727. The first kappa shape index (κ1) is 19.7. The average molecular weight is 323 g/mol. The smallest absolute Gasteiger partial charge is 0.315 e. The summed E-state index contributed by atoms with van der Waals surface area (Å²) in [6.07, 6.45) is 0.166. The lowest BCUT2D eigenvalue weighted by Crippen LogP contribution is -2.46. The van der Waals surface area contributed by atoms with Crippen LogP contribution in [0.25, 0.3) is 0 Å². The number of carbonyl (C=O) groups excluding carboxylic acids is 3. The fourth-order valence-corrected chi connectivity index (χ4v) is 1.75. The Morgan fingerprint density at radius 3 is 2.38 bits per heavy atom. The molecule has 21 heavy (non-hydrogen) atoms. The van der Waals surface area contributed by atoms with E-state index in [4.69, 9.17) is 0 Å². The number of hydrogen-bond acceptors (Lipinski definition) is 7. The molecular formula is C11H20N2O7P-. The standard InChI is InChI=1S/C11H21N2O7P/c1-8(14)7-10(9(2)15)13-11(16)12-5-4-6-20-21(17,18)19-3/h10H,4-7H2,1-3H3,(H,17,18)(H2,12,13,16)/p-1. The molecule has 0 aromatic rings. The zero-order valence-electron chi connectivity index (χ0n) is 12.2. The summed E-state index contributed by atoms with van der Waals surface area (Å²) in [5.41, 5.74) is 0. The van der Waals surface area contributed by atoms with Crippen LogP contribution >= 0.6 is 7.82 Å². The molecule has 0 saturated heterocycles. The third kappa shape index (κ3) is 10.1. The summed E-state index contributed by atoms with van der Waals surface area (Å²) in [6, 6.07) is -1.48. The SMILES string of the molecule is COP(=O)([O-])OCCCNC(=O)NC(CC(C)=O)C(C)=O. The van der Waals surface area contributed by atoms with Crippen molar-refractivity contribution in [3.05, 3.63) is 0 Å². The van der Waals surface area contributed by atoms with Crippen LogP contribution in [0.3, 0.4) is 0 Å². The number of carbonyl (C=O) groups is 3.